The van der Waals surface area contributed by atoms with Crippen molar-refractivity contribution in [2.24, 2.45) is 0 Å². The Kier molecular flexibility index (Phi) is 6.02. The highest BCUT2D eigenvalue weighted by molar-refractivity contribution is 7.98. The van der Waals surface area contributed by atoms with Gasteiger partial charge in [-0.15, -0.1) is 0 Å². The second kappa shape index (κ2) is 7.28. The number of aryl methyl sites for hydroxylation is 1. The van der Waals surface area contributed by atoms with Crippen LogP contribution in [0.15, 0.2) is 12.1 Å². The quantitative estimate of drug-likeness (QED) is 0.620. The third-order valence-corrected chi connectivity index (χ3v) is 3.76. The van der Waals surface area contributed by atoms with Crippen LogP contribution < -0.4 is 11.1 Å². The maximum atomic E-state index is 11.7. The molecule has 0 radical (unpaired) electrons. The lowest BCUT2D eigenvalue weighted by atomic mass is 10.1. The highest BCUT2D eigenvalue weighted by Gasteiger charge is 2.14. The zero-order chi connectivity index (χ0) is 14.4. The van der Waals surface area contributed by atoms with E-state index in [0.717, 1.165) is 23.4 Å². The van der Waals surface area contributed by atoms with E-state index < -0.39 is 5.97 Å². The fourth-order valence-corrected chi connectivity index (χ4v) is 2.58. The summed E-state index contributed by atoms with van der Waals surface area (Å²) in [5, 5.41) is 3.43. The van der Waals surface area contributed by atoms with Crippen LogP contribution in [-0.2, 0) is 4.74 Å². The molecule has 1 aromatic rings. The van der Waals surface area contributed by atoms with Crippen LogP contribution in [0.4, 0.5) is 11.4 Å². The van der Waals surface area contributed by atoms with Crippen LogP contribution in [0, 0.1) is 6.92 Å². The maximum Gasteiger partial charge on any atom is 0.340 e. The minimum absolute atomic E-state index is 0.378. The predicted octanol–water partition coefficient (Wildman–Crippen LogP) is 2.92. The number of rotatable bonds is 6. The van der Waals surface area contributed by atoms with Gasteiger partial charge in [0.15, 0.2) is 0 Å². The van der Waals surface area contributed by atoms with Crippen LogP contribution in [-0.4, -0.2) is 31.1 Å². The number of hydrogen-bond donors (Lipinski definition) is 2. The molecule has 0 aliphatic rings. The number of nitrogens with two attached hydrogens (primary N) is 1. The first kappa shape index (κ1) is 15.7. The smallest absolute Gasteiger partial charge is 0.340 e. The van der Waals surface area contributed by atoms with Crippen LogP contribution >= 0.6 is 11.8 Å². The second-order valence-corrected chi connectivity index (χ2v) is 5.36. The van der Waals surface area contributed by atoms with E-state index in [-0.39, 0.29) is 0 Å². The van der Waals surface area contributed by atoms with Gasteiger partial charge in [0.2, 0.25) is 0 Å². The lowest BCUT2D eigenvalue weighted by Crippen LogP contribution is -2.21. The largest absolute Gasteiger partial charge is 0.465 e. The van der Waals surface area contributed by atoms with Crippen molar-refractivity contribution in [1.82, 2.24) is 0 Å². The number of anilines is 2. The third kappa shape index (κ3) is 4.06. The number of hydrogen-bond acceptors (Lipinski definition) is 5. The number of methoxy groups -OCH3 is 1. The van der Waals surface area contributed by atoms with E-state index in [9.17, 15) is 4.79 Å². The summed E-state index contributed by atoms with van der Waals surface area (Å²) < 4.78 is 4.76. The van der Waals surface area contributed by atoms with Gasteiger partial charge in [0.25, 0.3) is 0 Å². The fraction of sp³-hybridized carbons (Fsp3) is 0.500. The number of ether oxygens (including phenoxy) is 1. The summed E-state index contributed by atoms with van der Waals surface area (Å²) in [6.45, 7) is 4.03. The van der Waals surface area contributed by atoms with Gasteiger partial charge in [0, 0.05) is 23.2 Å². The molecule has 1 rings (SSSR count). The summed E-state index contributed by atoms with van der Waals surface area (Å²) in [5.74, 6) is 0.621. The highest BCUT2D eigenvalue weighted by Crippen LogP contribution is 2.24. The van der Waals surface area contributed by atoms with Gasteiger partial charge in [-0.2, -0.15) is 11.8 Å². The fourth-order valence-electron chi connectivity index (χ4n) is 1.86. The molecule has 5 heteroatoms. The van der Waals surface area contributed by atoms with Crippen molar-refractivity contribution in [3.63, 3.8) is 0 Å². The van der Waals surface area contributed by atoms with Crippen LogP contribution in [0.2, 0.25) is 0 Å². The maximum absolute atomic E-state index is 11.7. The molecule has 0 aromatic heterocycles. The first-order valence-electron chi connectivity index (χ1n) is 6.27. The molecule has 1 unspecified atom stereocenters. The van der Waals surface area contributed by atoms with Gasteiger partial charge in [-0.05, 0) is 37.3 Å². The summed E-state index contributed by atoms with van der Waals surface area (Å²) in [6, 6.07) is 4.10. The molecule has 0 spiro atoms. The SMILES string of the molecule is CCC(CSC)Nc1cc(C)c(N)c(C(=O)OC)c1. The molecule has 0 fully saturated rings. The third-order valence-electron chi connectivity index (χ3n) is 3.02. The van der Waals surface area contributed by atoms with Gasteiger partial charge in [-0.25, -0.2) is 4.79 Å². The Morgan fingerprint density at radius 2 is 2.21 bits per heavy atom. The number of carbonyl (C=O) groups excluding carboxylic acids is 1. The molecular weight excluding hydrogens is 260 g/mol. The molecular formula is C14H22N2O2S. The van der Waals surface area contributed by atoms with E-state index in [2.05, 4.69) is 18.5 Å². The average molecular weight is 282 g/mol. The number of carbonyl (C=O) groups is 1. The van der Waals surface area contributed by atoms with E-state index >= 15 is 0 Å². The summed E-state index contributed by atoms with van der Waals surface area (Å²) in [5.41, 5.74) is 8.61. The normalized spacial score (nSPS) is 12.0. The van der Waals surface area contributed by atoms with Gasteiger partial charge in [0.05, 0.1) is 12.7 Å². The number of benzene rings is 1. The summed E-state index contributed by atoms with van der Waals surface area (Å²) in [6.07, 6.45) is 3.11. The summed E-state index contributed by atoms with van der Waals surface area (Å²) in [4.78, 5) is 11.7. The first-order valence-corrected chi connectivity index (χ1v) is 7.66. The van der Waals surface area contributed by atoms with Crippen molar-refractivity contribution in [2.45, 2.75) is 26.3 Å². The van der Waals surface area contributed by atoms with Crippen LogP contribution in [0.25, 0.3) is 0 Å². The number of thioether (sulfide) groups is 1. The van der Waals surface area contributed by atoms with Gasteiger partial charge in [-0.3, -0.25) is 0 Å². The van der Waals surface area contributed by atoms with Crippen molar-refractivity contribution in [3.8, 4) is 0 Å². The van der Waals surface area contributed by atoms with E-state index in [4.69, 9.17) is 10.5 Å². The van der Waals surface area contributed by atoms with Gasteiger partial charge >= 0.3 is 5.97 Å². The van der Waals surface area contributed by atoms with E-state index in [1.165, 1.54) is 7.11 Å². The molecule has 0 aliphatic carbocycles. The second-order valence-electron chi connectivity index (χ2n) is 4.45. The topological polar surface area (TPSA) is 64.3 Å². The predicted molar refractivity (Wildman–Crippen MR) is 83.0 cm³/mol. The van der Waals surface area contributed by atoms with Crippen molar-refractivity contribution in [3.05, 3.63) is 23.3 Å². The van der Waals surface area contributed by atoms with E-state index in [0.29, 0.717) is 17.3 Å². The molecule has 19 heavy (non-hydrogen) atoms. The van der Waals surface area contributed by atoms with Gasteiger partial charge in [-0.1, -0.05) is 6.92 Å². The Morgan fingerprint density at radius 3 is 2.74 bits per heavy atom. The lowest BCUT2D eigenvalue weighted by Gasteiger charge is -2.19. The zero-order valence-corrected chi connectivity index (χ0v) is 12.8. The molecule has 4 nitrogen and oxygen atoms in total. The molecule has 0 aliphatic heterocycles. The molecule has 0 saturated carbocycles. The first-order chi connectivity index (χ1) is 9.03. The molecule has 3 N–H and O–H groups in total. The molecule has 0 amide bonds. The summed E-state index contributed by atoms with van der Waals surface area (Å²) in [7, 11) is 1.36. The Morgan fingerprint density at radius 1 is 1.53 bits per heavy atom. The minimum Gasteiger partial charge on any atom is -0.465 e. The van der Waals surface area contributed by atoms with Crippen molar-refractivity contribution in [2.75, 3.05) is 30.2 Å². The standard InChI is InChI=1S/C14H22N2O2S/c1-5-10(8-19-4)16-11-6-9(2)13(15)12(7-11)14(17)18-3/h6-7,10,16H,5,8,15H2,1-4H3. The van der Waals surface area contributed by atoms with Crippen molar-refractivity contribution >= 4 is 29.1 Å². The zero-order valence-electron chi connectivity index (χ0n) is 11.9. The molecule has 1 aromatic carbocycles. The molecule has 0 saturated heterocycles. The number of nitrogen functional groups attached to an aromatic ring is 1. The van der Waals surface area contributed by atoms with Crippen LogP contribution in [0.5, 0.6) is 0 Å². The molecule has 0 heterocycles. The summed E-state index contributed by atoms with van der Waals surface area (Å²) >= 11 is 1.80. The lowest BCUT2D eigenvalue weighted by molar-refractivity contribution is 0.0602. The monoisotopic (exact) mass is 282 g/mol. The van der Waals surface area contributed by atoms with Crippen LogP contribution in [0.3, 0.4) is 0 Å². The average Bonchev–Trinajstić information content (AvgIpc) is 2.41. The number of esters is 1. The highest BCUT2D eigenvalue weighted by atomic mass is 32.2. The van der Waals surface area contributed by atoms with Gasteiger partial charge < -0.3 is 15.8 Å². The Labute approximate surface area is 119 Å². The molecule has 1 atom stereocenters. The number of nitrogens with one attached hydrogen (secondary N) is 1. The van der Waals surface area contributed by atoms with Crippen LogP contribution in [0.1, 0.15) is 29.3 Å². The Bertz CT molecular complexity index is 449. The van der Waals surface area contributed by atoms with Crippen molar-refractivity contribution in [1.29, 1.82) is 0 Å². The van der Waals surface area contributed by atoms with E-state index in [1.54, 1.807) is 17.8 Å². The molecule has 0 bridgehead atoms. The molecule has 106 valence electrons. The van der Waals surface area contributed by atoms with Crippen molar-refractivity contribution < 1.29 is 9.53 Å². The Hall–Kier alpha value is -1.36. The minimum atomic E-state index is -0.401. The Balaban J connectivity index is 3.02. The van der Waals surface area contributed by atoms with E-state index in [1.807, 2.05) is 13.0 Å². The van der Waals surface area contributed by atoms with Gasteiger partial charge in [0.1, 0.15) is 0 Å².